The van der Waals surface area contributed by atoms with Gasteiger partial charge in [-0.1, -0.05) is 12.1 Å². The van der Waals surface area contributed by atoms with Gasteiger partial charge in [-0.3, -0.25) is 14.9 Å². The van der Waals surface area contributed by atoms with E-state index in [0.717, 1.165) is 0 Å². The molecule has 0 saturated heterocycles. The molecule has 138 valence electrons. The van der Waals surface area contributed by atoms with Crippen LogP contribution in [-0.2, 0) is 6.54 Å². The zero-order valence-electron chi connectivity index (χ0n) is 14.7. The molecule has 0 saturated carbocycles. The second-order valence-electron chi connectivity index (χ2n) is 5.56. The zero-order valence-corrected chi connectivity index (χ0v) is 14.7. The second-order valence-corrected chi connectivity index (χ2v) is 5.56. The Labute approximate surface area is 154 Å². The van der Waals surface area contributed by atoms with Gasteiger partial charge in [-0.2, -0.15) is 5.10 Å². The first-order valence-corrected chi connectivity index (χ1v) is 7.91. The molecule has 2 aromatic carbocycles. The Morgan fingerprint density at radius 2 is 2.00 bits per heavy atom. The Morgan fingerprint density at radius 1 is 1.19 bits per heavy atom. The molecule has 0 aliphatic rings. The van der Waals surface area contributed by atoms with Gasteiger partial charge < -0.3 is 9.47 Å². The monoisotopic (exact) mass is 368 g/mol. The third-order valence-corrected chi connectivity index (χ3v) is 3.87. The molecule has 0 amide bonds. The number of methoxy groups -OCH3 is 2. The summed E-state index contributed by atoms with van der Waals surface area (Å²) in [6.07, 6.45) is 1.40. The molecule has 3 rings (SSSR count). The smallest absolute Gasteiger partial charge is 0.270 e. The molecule has 0 atom stereocenters. The minimum absolute atomic E-state index is 0.0510. The van der Waals surface area contributed by atoms with Gasteiger partial charge in [0, 0.05) is 23.8 Å². The number of nitro groups is 1. The SMILES string of the molecule is COc1ccc(C(=O)Cn2cnc(-c3cccc([N+](=O)[O-])c3)n2)c(OC)c1. The Kier molecular flexibility index (Phi) is 5.11. The van der Waals surface area contributed by atoms with E-state index in [2.05, 4.69) is 10.1 Å². The molecule has 0 fully saturated rings. The first kappa shape index (κ1) is 18.1. The van der Waals surface area contributed by atoms with E-state index in [9.17, 15) is 14.9 Å². The molecular weight excluding hydrogens is 352 g/mol. The lowest BCUT2D eigenvalue weighted by atomic mass is 10.1. The molecule has 0 aliphatic heterocycles. The highest BCUT2D eigenvalue weighted by molar-refractivity contribution is 5.98. The Hall–Kier alpha value is -3.75. The summed E-state index contributed by atoms with van der Waals surface area (Å²) in [6, 6.07) is 10.9. The number of ether oxygens (including phenoxy) is 2. The summed E-state index contributed by atoms with van der Waals surface area (Å²) in [7, 11) is 3.00. The summed E-state index contributed by atoms with van der Waals surface area (Å²) in [6.45, 7) is -0.0510. The average Bonchev–Trinajstić information content (AvgIpc) is 3.15. The fourth-order valence-electron chi connectivity index (χ4n) is 2.52. The van der Waals surface area contributed by atoms with Crippen LogP contribution in [0.25, 0.3) is 11.4 Å². The molecular formula is C18H16N4O5. The molecule has 0 radical (unpaired) electrons. The van der Waals surface area contributed by atoms with Crippen molar-refractivity contribution in [2.45, 2.75) is 6.54 Å². The third kappa shape index (κ3) is 3.92. The Balaban J connectivity index is 1.81. The van der Waals surface area contributed by atoms with E-state index in [0.29, 0.717) is 28.5 Å². The zero-order chi connectivity index (χ0) is 19.4. The molecule has 0 spiro atoms. The fraction of sp³-hybridized carbons (Fsp3) is 0.167. The van der Waals surface area contributed by atoms with Gasteiger partial charge in [0.25, 0.3) is 5.69 Å². The van der Waals surface area contributed by atoms with Crippen molar-refractivity contribution in [2.24, 2.45) is 0 Å². The van der Waals surface area contributed by atoms with Gasteiger partial charge in [0.05, 0.1) is 24.7 Å². The summed E-state index contributed by atoms with van der Waals surface area (Å²) in [4.78, 5) is 27.1. The van der Waals surface area contributed by atoms with Crippen molar-refractivity contribution in [1.29, 1.82) is 0 Å². The van der Waals surface area contributed by atoms with Gasteiger partial charge in [0.2, 0.25) is 0 Å². The highest BCUT2D eigenvalue weighted by atomic mass is 16.6. The maximum atomic E-state index is 12.6. The molecule has 27 heavy (non-hydrogen) atoms. The lowest BCUT2D eigenvalue weighted by Crippen LogP contribution is -2.12. The first-order valence-electron chi connectivity index (χ1n) is 7.91. The van der Waals surface area contributed by atoms with Crippen LogP contribution in [0.5, 0.6) is 11.5 Å². The average molecular weight is 368 g/mol. The van der Waals surface area contributed by atoms with Crippen molar-refractivity contribution >= 4 is 11.5 Å². The number of rotatable bonds is 7. The number of carbonyl (C=O) groups is 1. The number of aromatic nitrogens is 3. The number of nitro benzene ring substituents is 1. The fourth-order valence-corrected chi connectivity index (χ4v) is 2.52. The van der Waals surface area contributed by atoms with Crippen molar-refractivity contribution in [2.75, 3.05) is 14.2 Å². The van der Waals surface area contributed by atoms with Crippen LogP contribution in [0.3, 0.4) is 0 Å². The molecule has 3 aromatic rings. The lowest BCUT2D eigenvalue weighted by Gasteiger charge is -2.09. The van der Waals surface area contributed by atoms with Crippen LogP contribution in [0.1, 0.15) is 10.4 Å². The van der Waals surface area contributed by atoms with E-state index in [1.807, 2.05) is 0 Å². The molecule has 1 aromatic heterocycles. The molecule has 9 heteroatoms. The van der Waals surface area contributed by atoms with Crippen LogP contribution >= 0.6 is 0 Å². The maximum Gasteiger partial charge on any atom is 0.270 e. The summed E-state index contributed by atoms with van der Waals surface area (Å²) >= 11 is 0. The summed E-state index contributed by atoms with van der Waals surface area (Å²) in [5.74, 6) is 1.06. The van der Waals surface area contributed by atoms with E-state index in [4.69, 9.17) is 9.47 Å². The molecule has 0 N–H and O–H groups in total. The minimum Gasteiger partial charge on any atom is -0.497 e. The van der Waals surface area contributed by atoms with E-state index in [1.54, 1.807) is 30.3 Å². The van der Waals surface area contributed by atoms with Gasteiger partial charge in [-0.05, 0) is 12.1 Å². The molecule has 0 aliphatic carbocycles. The van der Waals surface area contributed by atoms with Crippen molar-refractivity contribution in [3.63, 3.8) is 0 Å². The van der Waals surface area contributed by atoms with Crippen molar-refractivity contribution in [3.05, 3.63) is 64.5 Å². The third-order valence-electron chi connectivity index (χ3n) is 3.87. The predicted molar refractivity (Wildman–Crippen MR) is 96.0 cm³/mol. The Morgan fingerprint density at radius 3 is 2.70 bits per heavy atom. The number of carbonyl (C=O) groups excluding carboxylic acids is 1. The predicted octanol–water partition coefficient (Wildman–Crippen LogP) is 2.75. The maximum absolute atomic E-state index is 12.6. The number of Topliss-reactive ketones (excluding diaryl/α,β-unsaturated/α-hetero) is 1. The van der Waals surface area contributed by atoms with Crippen LogP contribution in [-0.4, -0.2) is 39.7 Å². The van der Waals surface area contributed by atoms with E-state index < -0.39 is 4.92 Å². The highest BCUT2D eigenvalue weighted by Gasteiger charge is 2.16. The lowest BCUT2D eigenvalue weighted by molar-refractivity contribution is -0.384. The molecule has 0 unspecified atom stereocenters. The van der Waals surface area contributed by atoms with Gasteiger partial charge in [0.15, 0.2) is 11.6 Å². The number of non-ortho nitro benzene ring substituents is 1. The van der Waals surface area contributed by atoms with Gasteiger partial charge >= 0.3 is 0 Å². The standard InChI is InChI=1S/C18H16N4O5/c1-26-14-6-7-15(17(9-14)27-2)16(23)10-21-11-19-18(20-21)12-4-3-5-13(8-12)22(24)25/h3-9,11H,10H2,1-2H3. The number of hydrogen-bond donors (Lipinski definition) is 0. The van der Waals surface area contributed by atoms with Crippen LogP contribution in [0.2, 0.25) is 0 Å². The van der Waals surface area contributed by atoms with Crippen molar-refractivity contribution in [3.8, 4) is 22.9 Å². The second kappa shape index (κ2) is 7.65. The van der Waals surface area contributed by atoms with Crippen LogP contribution in [0.15, 0.2) is 48.8 Å². The van der Waals surface area contributed by atoms with E-state index >= 15 is 0 Å². The number of ketones is 1. The largest absolute Gasteiger partial charge is 0.497 e. The van der Waals surface area contributed by atoms with Crippen LogP contribution in [0, 0.1) is 10.1 Å². The highest BCUT2D eigenvalue weighted by Crippen LogP contribution is 2.25. The van der Waals surface area contributed by atoms with Crippen LogP contribution < -0.4 is 9.47 Å². The van der Waals surface area contributed by atoms with Gasteiger partial charge in [0.1, 0.15) is 24.4 Å². The van der Waals surface area contributed by atoms with Gasteiger partial charge in [-0.25, -0.2) is 9.67 Å². The summed E-state index contributed by atoms with van der Waals surface area (Å²) in [5, 5.41) is 15.1. The normalized spacial score (nSPS) is 10.4. The van der Waals surface area contributed by atoms with Gasteiger partial charge in [-0.15, -0.1) is 0 Å². The van der Waals surface area contributed by atoms with Crippen molar-refractivity contribution < 1.29 is 19.2 Å². The number of hydrogen-bond acceptors (Lipinski definition) is 7. The number of nitrogens with zero attached hydrogens (tertiary/aromatic N) is 4. The molecule has 9 nitrogen and oxygen atoms in total. The van der Waals surface area contributed by atoms with E-state index in [-0.39, 0.29) is 18.0 Å². The van der Waals surface area contributed by atoms with Crippen molar-refractivity contribution in [1.82, 2.24) is 14.8 Å². The number of benzene rings is 2. The summed E-state index contributed by atoms with van der Waals surface area (Å²) in [5.41, 5.74) is 0.839. The quantitative estimate of drug-likeness (QED) is 0.358. The minimum atomic E-state index is -0.486. The molecule has 0 bridgehead atoms. The van der Waals surface area contributed by atoms with E-state index in [1.165, 1.54) is 37.4 Å². The summed E-state index contributed by atoms with van der Waals surface area (Å²) < 4.78 is 11.7. The molecule has 1 heterocycles. The Bertz CT molecular complexity index is 999. The van der Waals surface area contributed by atoms with Crippen LogP contribution in [0.4, 0.5) is 5.69 Å². The topological polar surface area (TPSA) is 109 Å². The first-order chi connectivity index (χ1) is 13.0.